The number of hydrogen-bond donors (Lipinski definition) is 1. The van der Waals surface area contributed by atoms with E-state index in [2.05, 4.69) is 18.0 Å². The Kier molecular flexibility index (Phi) is 9.06. The van der Waals surface area contributed by atoms with E-state index in [0.717, 1.165) is 17.9 Å². The fourth-order valence-electron chi connectivity index (χ4n) is 2.69. The molecule has 0 aromatic carbocycles. The van der Waals surface area contributed by atoms with E-state index in [1.807, 2.05) is 39.1 Å². The lowest BCUT2D eigenvalue weighted by Crippen LogP contribution is -2.44. The first-order valence-electron chi connectivity index (χ1n) is 9.25. The van der Waals surface area contributed by atoms with Crippen molar-refractivity contribution in [2.24, 2.45) is 28.0 Å². The first-order valence-corrected chi connectivity index (χ1v) is 9.62. The molecular weight excluding hydrogens is 350 g/mol. The van der Waals surface area contributed by atoms with Crippen LogP contribution in [0.2, 0.25) is 0 Å². The second kappa shape index (κ2) is 10.5. The Balaban J connectivity index is 2.65. The van der Waals surface area contributed by atoms with Gasteiger partial charge in [0.15, 0.2) is 0 Å². The monoisotopic (exact) mass is 381 g/mol. The molecule has 2 unspecified atom stereocenters. The van der Waals surface area contributed by atoms with E-state index >= 15 is 0 Å². The van der Waals surface area contributed by atoms with Gasteiger partial charge in [-0.25, -0.2) is 0 Å². The van der Waals surface area contributed by atoms with Crippen LogP contribution < -0.4 is 5.73 Å². The van der Waals surface area contributed by atoms with Crippen LogP contribution in [0.3, 0.4) is 0 Å². The molecule has 0 spiro atoms. The zero-order chi connectivity index (χ0) is 19.7. The highest BCUT2D eigenvalue weighted by Gasteiger charge is 2.28. The average molecular weight is 382 g/mol. The van der Waals surface area contributed by atoms with Crippen molar-refractivity contribution in [1.29, 1.82) is 0 Å². The molecule has 0 saturated heterocycles. The number of nitrogens with two attached hydrogens (primary N) is 1. The normalized spacial score (nSPS) is 18.7. The summed E-state index contributed by atoms with van der Waals surface area (Å²) in [5.74, 6) is 0.170. The number of nitrogens with zero attached hydrogens (tertiary/aromatic N) is 2. The Morgan fingerprint density at radius 2 is 2.15 bits per heavy atom. The van der Waals surface area contributed by atoms with Gasteiger partial charge in [-0.3, -0.25) is 14.6 Å². The largest absolute Gasteiger partial charge is 0.370 e. The third-order valence-corrected chi connectivity index (χ3v) is 4.64. The van der Waals surface area contributed by atoms with Crippen LogP contribution in [0, 0.1) is 17.3 Å². The van der Waals surface area contributed by atoms with E-state index in [-0.39, 0.29) is 24.2 Å². The van der Waals surface area contributed by atoms with E-state index < -0.39 is 11.3 Å². The quantitative estimate of drug-likeness (QED) is 0.620. The average Bonchev–Trinajstić information content (AvgIpc) is 2.57. The molecule has 1 aliphatic rings. The van der Waals surface area contributed by atoms with Crippen LogP contribution in [0.15, 0.2) is 28.3 Å². The molecule has 26 heavy (non-hydrogen) atoms. The van der Waals surface area contributed by atoms with Crippen molar-refractivity contribution in [3.63, 3.8) is 0 Å². The second-order valence-corrected chi connectivity index (χ2v) is 8.29. The van der Waals surface area contributed by atoms with Crippen molar-refractivity contribution in [2.45, 2.75) is 47.0 Å². The van der Waals surface area contributed by atoms with Crippen LogP contribution in [0.25, 0.3) is 0 Å². The standard InChI is InChI=1S/C20H32ClN3O2/c1-5-15(12-23-13-16-6-8-17(21)9-7-16)14-24(11-10-18(22)25)19(26)20(2,3)4/h6,8-9,13,15-16H,5,7,10-12,14H2,1-4H3,(H2,22,25)/b23-13+. The van der Waals surface area contributed by atoms with E-state index in [0.29, 0.717) is 19.6 Å². The molecule has 2 atom stereocenters. The zero-order valence-electron chi connectivity index (χ0n) is 16.4. The third kappa shape index (κ3) is 8.17. The summed E-state index contributed by atoms with van der Waals surface area (Å²) in [5.41, 5.74) is 4.78. The summed E-state index contributed by atoms with van der Waals surface area (Å²) in [6.45, 7) is 9.36. The SMILES string of the molecule is CCC(C/N=C/C1C=CC(Cl)=CC1)CN(CCC(N)=O)C(=O)C(C)(C)C. The van der Waals surface area contributed by atoms with Crippen LogP contribution in [-0.2, 0) is 9.59 Å². The fraction of sp³-hybridized carbons (Fsp3) is 0.650. The number of hydrogen-bond acceptors (Lipinski definition) is 3. The molecule has 2 N–H and O–H groups in total. The van der Waals surface area contributed by atoms with Gasteiger partial charge in [0.2, 0.25) is 11.8 Å². The van der Waals surface area contributed by atoms with Gasteiger partial charge in [-0.05, 0) is 24.8 Å². The molecule has 2 amide bonds. The fourth-order valence-corrected chi connectivity index (χ4v) is 2.85. The molecule has 146 valence electrons. The summed E-state index contributed by atoms with van der Waals surface area (Å²) in [6, 6.07) is 0. The van der Waals surface area contributed by atoms with Crippen molar-refractivity contribution in [3.05, 3.63) is 23.3 Å². The molecule has 0 fully saturated rings. The predicted octanol–water partition coefficient (Wildman–Crippen LogP) is 3.53. The Morgan fingerprint density at radius 1 is 1.46 bits per heavy atom. The highest BCUT2D eigenvalue weighted by Crippen LogP contribution is 2.20. The topological polar surface area (TPSA) is 75.8 Å². The minimum atomic E-state index is -0.488. The summed E-state index contributed by atoms with van der Waals surface area (Å²) < 4.78 is 0. The van der Waals surface area contributed by atoms with Crippen molar-refractivity contribution in [3.8, 4) is 0 Å². The second-order valence-electron chi connectivity index (χ2n) is 7.85. The predicted molar refractivity (Wildman–Crippen MR) is 108 cm³/mol. The van der Waals surface area contributed by atoms with Crippen LogP contribution in [0.1, 0.15) is 47.0 Å². The summed E-state index contributed by atoms with van der Waals surface area (Å²) in [7, 11) is 0. The first-order chi connectivity index (χ1) is 12.1. The van der Waals surface area contributed by atoms with Gasteiger partial charge in [-0.2, -0.15) is 0 Å². The Morgan fingerprint density at radius 3 is 2.65 bits per heavy atom. The van der Waals surface area contributed by atoms with Gasteiger partial charge in [0.1, 0.15) is 0 Å². The Hall–Kier alpha value is -1.62. The molecule has 0 aromatic rings. The van der Waals surface area contributed by atoms with E-state index in [1.165, 1.54) is 0 Å². The van der Waals surface area contributed by atoms with E-state index in [9.17, 15) is 9.59 Å². The molecule has 0 aliphatic heterocycles. The molecule has 5 nitrogen and oxygen atoms in total. The number of amides is 2. The maximum atomic E-state index is 12.7. The minimum absolute atomic E-state index is 0.0381. The smallest absolute Gasteiger partial charge is 0.227 e. The number of aliphatic imine (C=N–C) groups is 1. The highest BCUT2D eigenvalue weighted by molar-refractivity contribution is 6.31. The maximum Gasteiger partial charge on any atom is 0.227 e. The third-order valence-electron chi connectivity index (χ3n) is 4.36. The summed E-state index contributed by atoms with van der Waals surface area (Å²) in [4.78, 5) is 30.2. The van der Waals surface area contributed by atoms with Crippen LogP contribution >= 0.6 is 11.6 Å². The van der Waals surface area contributed by atoms with Gasteiger partial charge in [0.05, 0.1) is 0 Å². The molecular formula is C20H32ClN3O2. The number of halogens is 1. The molecule has 0 heterocycles. The molecule has 0 aromatic heterocycles. The van der Waals surface area contributed by atoms with Gasteiger partial charge >= 0.3 is 0 Å². The Bertz CT molecular complexity index is 576. The van der Waals surface area contributed by atoms with Gasteiger partial charge in [-0.1, -0.05) is 51.4 Å². The lowest BCUT2D eigenvalue weighted by Gasteiger charge is -2.31. The minimum Gasteiger partial charge on any atom is -0.370 e. The summed E-state index contributed by atoms with van der Waals surface area (Å²) in [5, 5.41) is 0.770. The zero-order valence-corrected chi connectivity index (χ0v) is 17.1. The van der Waals surface area contributed by atoms with Gasteiger partial charge in [0, 0.05) is 48.6 Å². The molecule has 0 saturated carbocycles. The molecule has 0 radical (unpaired) electrons. The van der Waals surface area contributed by atoms with E-state index in [1.54, 1.807) is 4.90 Å². The van der Waals surface area contributed by atoms with Crippen LogP contribution in [-0.4, -0.2) is 42.6 Å². The Labute approximate surface area is 162 Å². The highest BCUT2D eigenvalue weighted by atomic mass is 35.5. The van der Waals surface area contributed by atoms with Crippen LogP contribution in [0.5, 0.6) is 0 Å². The van der Waals surface area contributed by atoms with Crippen molar-refractivity contribution in [2.75, 3.05) is 19.6 Å². The lowest BCUT2D eigenvalue weighted by molar-refractivity contribution is -0.140. The van der Waals surface area contributed by atoms with Crippen molar-refractivity contribution in [1.82, 2.24) is 4.90 Å². The van der Waals surface area contributed by atoms with Gasteiger partial charge in [0.25, 0.3) is 0 Å². The van der Waals surface area contributed by atoms with Crippen molar-refractivity contribution >= 4 is 29.6 Å². The van der Waals surface area contributed by atoms with Crippen LogP contribution in [0.4, 0.5) is 0 Å². The lowest BCUT2D eigenvalue weighted by atomic mass is 9.93. The molecule has 1 aliphatic carbocycles. The number of allylic oxidation sites excluding steroid dienone is 4. The van der Waals surface area contributed by atoms with Crippen molar-refractivity contribution < 1.29 is 9.59 Å². The summed E-state index contributed by atoms with van der Waals surface area (Å²) in [6.07, 6.45) is 9.85. The molecule has 1 rings (SSSR count). The summed E-state index contributed by atoms with van der Waals surface area (Å²) >= 11 is 5.92. The number of rotatable bonds is 9. The first kappa shape index (κ1) is 22.4. The number of carbonyl (C=O) groups is 2. The van der Waals surface area contributed by atoms with Gasteiger partial charge < -0.3 is 10.6 Å². The van der Waals surface area contributed by atoms with E-state index in [4.69, 9.17) is 17.3 Å². The number of primary amides is 1. The maximum absolute atomic E-state index is 12.7. The molecule has 6 heteroatoms. The van der Waals surface area contributed by atoms with Gasteiger partial charge in [-0.15, -0.1) is 0 Å². The number of carbonyl (C=O) groups excluding carboxylic acids is 2. The molecule has 0 bridgehead atoms.